The van der Waals surface area contributed by atoms with Crippen molar-refractivity contribution >= 4 is 17.9 Å². The summed E-state index contributed by atoms with van der Waals surface area (Å²) in [5.74, 6) is 0.747. The van der Waals surface area contributed by atoms with Crippen LogP contribution in [0, 0.1) is 0 Å². The van der Waals surface area contributed by atoms with Gasteiger partial charge in [0.05, 0.1) is 11.3 Å². The van der Waals surface area contributed by atoms with E-state index in [-0.39, 0.29) is 23.8 Å². The summed E-state index contributed by atoms with van der Waals surface area (Å²) < 4.78 is 0. The van der Waals surface area contributed by atoms with Crippen LogP contribution in [-0.4, -0.2) is 45.7 Å². The fraction of sp³-hybridized carbons (Fsp3) is 0.364. The molecule has 1 aromatic heterocycles. The third kappa shape index (κ3) is 4.34. The van der Waals surface area contributed by atoms with E-state index in [0.717, 1.165) is 53.6 Å². The summed E-state index contributed by atoms with van der Waals surface area (Å²) in [4.78, 5) is 35.5. The molecule has 5 heteroatoms. The quantitative estimate of drug-likeness (QED) is 0.414. The Bertz CT molecular complexity index is 1400. The van der Waals surface area contributed by atoms with Crippen LogP contribution < -0.4 is 0 Å². The van der Waals surface area contributed by atoms with Crippen LogP contribution in [0.25, 0.3) is 6.08 Å². The lowest BCUT2D eigenvalue weighted by Crippen LogP contribution is -2.47. The van der Waals surface area contributed by atoms with Gasteiger partial charge in [-0.05, 0) is 60.4 Å². The highest BCUT2D eigenvalue weighted by Gasteiger charge is 2.36. The maximum absolute atomic E-state index is 13.8. The van der Waals surface area contributed by atoms with Crippen LogP contribution in [0.5, 0.6) is 0 Å². The molecule has 0 radical (unpaired) electrons. The van der Waals surface area contributed by atoms with Gasteiger partial charge in [-0.1, -0.05) is 68.5 Å². The molecular formula is C33H35N3O2. The van der Waals surface area contributed by atoms with Crippen molar-refractivity contribution in [3.63, 3.8) is 0 Å². The minimum Gasteiger partial charge on any atom is -0.338 e. The Morgan fingerprint density at radius 3 is 2.68 bits per heavy atom. The first-order valence-electron chi connectivity index (χ1n) is 14.0. The topological polar surface area (TPSA) is 53.5 Å². The number of amides is 2. The molecule has 3 heterocycles. The van der Waals surface area contributed by atoms with Crippen LogP contribution in [-0.2, 0) is 13.0 Å². The molecule has 5 nitrogen and oxygen atoms in total. The lowest BCUT2D eigenvalue weighted by atomic mass is 9.78. The van der Waals surface area contributed by atoms with Crippen molar-refractivity contribution < 1.29 is 9.59 Å². The van der Waals surface area contributed by atoms with Gasteiger partial charge in [0.15, 0.2) is 0 Å². The number of rotatable bonds is 5. The third-order valence-corrected chi connectivity index (χ3v) is 8.81. The van der Waals surface area contributed by atoms with Crippen LogP contribution in [0.4, 0.5) is 0 Å². The van der Waals surface area contributed by atoms with Gasteiger partial charge >= 0.3 is 0 Å². The molecule has 3 aliphatic rings. The van der Waals surface area contributed by atoms with Crippen molar-refractivity contribution in [1.82, 2.24) is 14.8 Å². The molecule has 194 valence electrons. The molecule has 2 atom stereocenters. The molecule has 1 aliphatic carbocycles. The van der Waals surface area contributed by atoms with Crippen LogP contribution in [0.15, 0.2) is 66.9 Å². The van der Waals surface area contributed by atoms with Crippen molar-refractivity contribution in [3.8, 4) is 0 Å². The number of aromatic nitrogens is 1. The molecule has 1 saturated heterocycles. The second kappa shape index (κ2) is 10.2. The molecule has 0 bridgehead atoms. The Morgan fingerprint density at radius 1 is 1.08 bits per heavy atom. The van der Waals surface area contributed by atoms with E-state index in [9.17, 15) is 9.59 Å². The van der Waals surface area contributed by atoms with E-state index in [1.165, 1.54) is 11.1 Å². The monoisotopic (exact) mass is 505 g/mol. The number of carbonyl (C=O) groups excluding carboxylic acids is 2. The SMILES string of the molecule is CCc1cccc(C(C)C2CC=Cc3c(C(=O)N4CCC(N5Cc6ccccc6C5=O)CC4)ccnc32)c1. The van der Waals surface area contributed by atoms with E-state index in [1.54, 1.807) is 6.20 Å². The Morgan fingerprint density at radius 2 is 1.89 bits per heavy atom. The first-order valence-corrected chi connectivity index (χ1v) is 14.0. The molecular weight excluding hydrogens is 470 g/mol. The number of carbonyl (C=O) groups is 2. The number of benzene rings is 2. The molecule has 2 aromatic carbocycles. The lowest BCUT2D eigenvalue weighted by Gasteiger charge is -2.37. The highest BCUT2D eigenvalue weighted by molar-refractivity contribution is 5.99. The van der Waals surface area contributed by atoms with E-state index in [2.05, 4.69) is 50.3 Å². The first-order chi connectivity index (χ1) is 18.5. The Balaban J connectivity index is 1.17. The normalized spacial score (nSPS) is 19.8. The van der Waals surface area contributed by atoms with Crippen LogP contribution in [0.1, 0.15) is 93.6 Å². The summed E-state index contributed by atoms with van der Waals surface area (Å²) in [6.45, 7) is 6.47. The minimum atomic E-state index is 0.0732. The Labute approximate surface area is 225 Å². The molecule has 0 N–H and O–H groups in total. The summed E-state index contributed by atoms with van der Waals surface area (Å²) >= 11 is 0. The zero-order chi connectivity index (χ0) is 26.2. The summed E-state index contributed by atoms with van der Waals surface area (Å²) in [7, 11) is 0. The first kappa shape index (κ1) is 24.6. The van der Waals surface area contributed by atoms with E-state index in [0.29, 0.717) is 25.6 Å². The molecule has 2 amide bonds. The van der Waals surface area contributed by atoms with Crippen LogP contribution in [0.3, 0.4) is 0 Å². The van der Waals surface area contributed by atoms with Gasteiger partial charge in [0.25, 0.3) is 11.8 Å². The third-order valence-electron chi connectivity index (χ3n) is 8.81. The number of hydrogen-bond acceptors (Lipinski definition) is 3. The van der Waals surface area contributed by atoms with Crippen molar-refractivity contribution in [2.75, 3.05) is 13.1 Å². The average molecular weight is 506 g/mol. The van der Waals surface area contributed by atoms with E-state index < -0.39 is 0 Å². The number of aryl methyl sites for hydroxylation is 1. The van der Waals surface area contributed by atoms with Gasteiger partial charge < -0.3 is 9.80 Å². The largest absolute Gasteiger partial charge is 0.338 e. The van der Waals surface area contributed by atoms with Crippen molar-refractivity contribution in [2.45, 2.75) is 64.0 Å². The standard InChI is InChI=1S/C33H35N3O2/c1-3-23-8-6-10-24(20-23)22(2)27-12-7-13-29-30(14-17-34-31(27)29)32(37)35-18-15-26(16-19-35)36-21-25-9-4-5-11-28(25)33(36)38/h4-11,13-14,17,20,22,26-27H,3,12,15-16,18-19,21H2,1-2H3. The zero-order valence-electron chi connectivity index (χ0n) is 22.3. The number of allylic oxidation sites excluding steroid dienone is 1. The number of likely N-dealkylation sites (tertiary alicyclic amines) is 1. The van der Waals surface area contributed by atoms with Crippen LogP contribution in [0.2, 0.25) is 0 Å². The number of hydrogen-bond donors (Lipinski definition) is 0. The molecule has 2 aliphatic heterocycles. The van der Waals surface area contributed by atoms with Gasteiger partial charge in [-0.2, -0.15) is 0 Å². The van der Waals surface area contributed by atoms with Crippen molar-refractivity contribution in [3.05, 3.63) is 106 Å². The van der Waals surface area contributed by atoms with E-state index >= 15 is 0 Å². The number of piperidine rings is 1. The van der Waals surface area contributed by atoms with Crippen molar-refractivity contribution in [2.24, 2.45) is 0 Å². The molecule has 2 unspecified atom stereocenters. The van der Waals surface area contributed by atoms with Gasteiger partial charge in [-0.3, -0.25) is 14.6 Å². The molecule has 38 heavy (non-hydrogen) atoms. The van der Waals surface area contributed by atoms with Crippen LogP contribution >= 0.6 is 0 Å². The highest BCUT2D eigenvalue weighted by atomic mass is 16.2. The summed E-state index contributed by atoms with van der Waals surface area (Å²) in [5, 5.41) is 0. The zero-order valence-corrected chi connectivity index (χ0v) is 22.3. The van der Waals surface area contributed by atoms with Gasteiger partial charge in [0.2, 0.25) is 0 Å². The molecule has 1 fully saturated rings. The number of fused-ring (bicyclic) bond motifs is 2. The highest BCUT2D eigenvalue weighted by Crippen LogP contribution is 2.40. The second-order valence-corrected chi connectivity index (χ2v) is 10.9. The smallest absolute Gasteiger partial charge is 0.254 e. The van der Waals surface area contributed by atoms with Crippen molar-refractivity contribution in [1.29, 1.82) is 0 Å². The summed E-state index contributed by atoms with van der Waals surface area (Å²) in [6, 6.07) is 18.8. The lowest BCUT2D eigenvalue weighted by molar-refractivity contribution is 0.0534. The predicted molar refractivity (Wildman–Crippen MR) is 150 cm³/mol. The second-order valence-electron chi connectivity index (χ2n) is 10.9. The predicted octanol–water partition coefficient (Wildman–Crippen LogP) is 6.21. The number of pyridine rings is 1. The summed E-state index contributed by atoms with van der Waals surface area (Å²) in [5.41, 5.74) is 7.36. The Hall–Kier alpha value is -3.73. The number of nitrogens with zero attached hydrogens (tertiary/aromatic N) is 3. The van der Waals surface area contributed by atoms with Gasteiger partial charge in [-0.15, -0.1) is 0 Å². The maximum Gasteiger partial charge on any atom is 0.254 e. The molecule has 6 rings (SSSR count). The van der Waals surface area contributed by atoms with E-state index in [1.807, 2.05) is 40.1 Å². The Kier molecular flexibility index (Phi) is 6.61. The minimum absolute atomic E-state index is 0.0732. The average Bonchev–Trinajstić information content (AvgIpc) is 3.32. The maximum atomic E-state index is 13.8. The van der Waals surface area contributed by atoms with E-state index in [4.69, 9.17) is 4.98 Å². The fourth-order valence-electron chi connectivity index (χ4n) is 6.48. The molecule has 3 aromatic rings. The van der Waals surface area contributed by atoms with Gasteiger partial charge in [0.1, 0.15) is 0 Å². The fourth-order valence-corrected chi connectivity index (χ4v) is 6.48. The molecule has 0 spiro atoms. The summed E-state index contributed by atoms with van der Waals surface area (Å²) in [6.07, 6.45) is 9.66. The molecule has 0 saturated carbocycles. The van der Waals surface area contributed by atoms with Gasteiger partial charge in [-0.25, -0.2) is 0 Å². The van der Waals surface area contributed by atoms with Gasteiger partial charge in [0, 0.05) is 48.9 Å².